The molecule has 0 aliphatic rings. The van der Waals surface area contributed by atoms with Gasteiger partial charge in [-0.25, -0.2) is 4.79 Å². The molecule has 3 amide bonds. The number of urea groups is 1. The molecule has 0 heterocycles. The summed E-state index contributed by atoms with van der Waals surface area (Å²) in [4.78, 5) is 21.7. The summed E-state index contributed by atoms with van der Waals surface area (Å²) in [5.74, 6) is -0.875. The highest BCUT2D eigenvalue weighted by Crippen LogP contribution is 2.03. The molecule has 6 heteroatoms. The maximum Gasteiger partial charge on any atom is 0.319 e. The van der Waals surface area contributed by atoms with Crippen molar-refractivity contribution in [3.63, 3.8) is 0 Å². The Morgan fingerprint density at radius 3 is 2.50 bits per heavy atom. The number of carbonyl (C=O) groups is 2. The van der Waals surface area contributed by atoms with Crippen LogP contribution in [0.25, 0.3) is 0 Å². The zero-order valence-electron chi connectivity index (χ0n) is 8.51. The lowest BCUT2D eigenvalue weighted by Gasteiger charge is -2.09. The lowest BCUT2D eigenvalue weighted by atomic mass is 10.3. The van der Waals surface area contributed by atoms with Crippen LogP contribution in [0.1, 0.15) is 0 Å². The van der Waals surface area contributed by atoms with Gasteiger partial charge < -0.3 is 21.5 Å². The van der Waals surface area contributed by atoms with E-state index in [0.717, 1.165) is 0 Å². The number of nitrogens with one attached hydrogen (secondary N) is 2. The topological polar surface area (TPSA) is 104 Å². The Morgan fingerprint density at radius 1 is 1.31 bits per heavy atom. The summed E-state index contributed by atoms with van der Waals surface area (Å²) in [5, 5.41) is 13.9. The van der Waals surface area contributed by atoms with E-state index < -0.39 is 18.0 Å². The van der Waals surface area contributed by atoms with Gasteiger partial charge in [0.25, 0.3) is 0 Å². The molecule has 0 radical (unpaired) electrons. The molecule has 0 aromatic heterocycles. The Labute approximate surface area is 92.4 Å². The minimum absolute atomic E-state index is 0.214. The molecule has 0 saturated carbocycles. The molecule has 16 heavy (non-hydrogen) atoms. The van der Waals surface area contributed by atoms with Gasteiger partial charge in [-0.3, -0.25) is 4.79 Å². The van der Waals surface area contributed by atoms with Gasteiger partial charge in [-0.2, -0.15) is 0 Å². The van der Waals surface area contributed by atoms with E-state index in [4.69, 9.17) is 10.8 Å². The second kappa shape index (κ2) is 5.72. The van der Waals surface area contributed by atoms with Crippen LogP contribution >= 0.6 is 0 Å². The van der Waals surface area contributed by atoms with Crippen LogP contribution in [0.5, 0.6) is 0 Å². The van der Waals surface area contributed by atoms with Crippen LogP contribution in [0.15, 0.2) is 30.3 Å². The van der Waals surface area contributed by atoms with Crippen LogP contribution in [-0.2, 0) is 4.79 Å². The van der Waals surface area contributed by atoms with E-state index in [-0.39, 0.29) is 6.54 Å². The van der Waals surface area contributed by atoms with Crippen molar-refractivity contribution in [2.24, 2.45) is 5.73 Å². The van der Waals surface area contributed by atoms with Gasteiger partial charge in [0.15, 0.2) is 0 Å². The summed E-state index contributed by atoms with van der Waals surface area (Å²) >= 11 is 0. The quantitative estimate of drug-likeness (QED) is 0.561. The van der Waals surface area contributed by atoms with Gasteiger partial charge in [0.05, 0.1) is 6.54 Å². The number of aliphatic hydroxyl groups excluding tert-OH is 1. The number of benzene rings is 1. The summed E-state index contributed by atoms with van der Waals surface area (Å²) in [6.07, 6.45) is -1.37. The summed E-state index contributed by atoms with van der Waals surface area (Å²) in [6, 6.07) is 8.28. The van der Waals surface area contributed by atoms with Crippen LogP contribution in [0.4, 0.5) is 10.5 Å². The van der Waals surface area contributed by atoms with E-state index in [1.54, 1.807) is 24.3 Å². The number of anilines is 1. The number of hydrogen-bond donors (Lipinski definition) is 4. The Hall–Kier alpha value is -2.08. The number of para-hydroxylation sites is 1. The Bertz CT molecular complexity index is 367. The third-order valence-electron chi connectivity index (χ3n) is 1.82. The number of carbonyl (C=O) groups excluding carboxylic acids is 2. The smallest absolute Gasteiger partial charge is 0.319 e. The third kappa shape index (κ3) is 3.97. The molecule has 1 aromatic rings. The van der Waals surface area contributed by atoms with Crippen molar-refractivity contribution in [2.45, 2.75) is 6.10 Å². The molecular weight excluding hydrogens is 210 g/mol. The first-order chi connectivity index (χ1) is 7.59. The Morgan fingerprint density at radius 2 is 1.94 bits per heavy atom. The van der Waals surface area contributed by atoms with Gasteiger partial charge in [-0.05, 0) is 12.1 Å². The first-order valence-electron chi connectivity index (χ1n) is 4.67. The fraction of sp³-hybridized carbons (Fsp3) is 0.200. The molecule has 1 rings (SSSR count). The Balaban J connectivity index is 2.35. The highest BCUT2D eigenvalue weighted by molar-refractivity contribution is 5.89. The lowest BCUT2D eigenvalue weighted by molar-refractivity contribution is -0.125. The van der Waals surface area contributed by atoms with Gasteiger partial charge in [-0.15, -0.1) is 0 Å². The molecule has 0 aliphatic heterocycles. The van der Waals surface area contributed by atoms with E-state index in [1.807, 2.05) is 6.07 Å². The molecule has 0 saturated heterocycles. The van der Waals surface area contributed by atoms with Crippen molar-refractivity contribution in [1.29, 1.82) is 0 Å². The first kappa shape index (κ1) is 12.0. The molecule has 86 valence electrons. The molecule has 0 aliphatic carbocycles. The maximum atomic E-state index is 11.3. The predicted molar refractivity (Wildman–Crippen MR) is 58.7 cm³/mol. The number of primary amides is 1. The van der Waals surface area contributed by atoms with Gasteiger partial charge in [0, 0.05) is 5.69 Å². The molecule has 1 unspecified atom stereocenters. The average molecular weight is 223 g/mol. The minimum atomic E-state index is -1.37. The largest absolute Gasteiger partial charge is 0.381 e. The van der Waals surface area contributed by atoms with Crippen molar-refractivity contribution < 1.29 is 14.7 Å². The van der Waals surface area contributed by atoms with Gasteiger partial charge in [0.1, 0.15) is 6.10 Å². The van der Waals surface area contributed by atoms with Gasteiger partial charge >= 0.3 is 6.03 Å². The highest BCUT2D eigenvalue weighted by Gasteiger charge is 2.11. The number of hydrogen-bond acceptors (Lipinski definition) is 3. The SMILES string of the molecule is NC(=O)C(O)CNC(=O)Nc1ccccc1. The summed E-state index contributed by atoms with van der Waals surface area (Å²) < 4.78 is 0. The zero-order valence-corrected chi connectivity index (χ0v) is 8.51. The van der Waals surface area contributed by atoms with E-state index in [2.05, 4.69) is 10.6 Å². The molecule has 0 bridgehead atoms. The van der Waals surface area contributed by atoms with Crippen molar-refractivity contribution in [3.8, 4) is 0 Å². The van der Waals surface area contributed by atoms with Crippen LogP contribution < -0.4 is 16.4 Å². The number of rotatable bonds is 4. The van der Waals surface area contributed by atoms with Crippen molar-refractivity contribution in [1.82, 2.24) is 5.32 Å². The second-order valence-corrected chi connectivity index (χ2v) is 3.12. The van der Waals surface area contributed by atoms with Crippen molar-refractivity contribution in [2.75, 3.05) is 11.9 Å². The fourth-order valence-electron chi connectivity index (χ4n) is 0.987. The van der Waals surface area contributed by atoms with E-state index in [1.165, 1.54) is 0 Å². The van der Waals surface area contributed by atoms with E-state index >= 15 is 0 Å². The molecule has 5 N–H and O–H groups in total. The summed E-state index contributed by atoms with van der Waals surface area (Å²) in [5.41, 5.74) is 5.43. The Kier molecular flexibility index (Phi) is 4.28. The number of aliphatic hydroxyl groups is 1. The molecule has 0 spiro atoms. The number of amides is 3. The average Bonchev–Trinajstić information content (AvgIpc) is 2.27. The molecular formula is C10H13N3O3. The van der Waals surface area contributed by atoms with Crippen molar-refractivity contribution in [3.05, 3.63) is 30.3 Å². The van der Waals surface area contributed by atoms with Crippen LogP contribution in [0.2, 0.25) is 0 Å². The monoisotopic (exact) mass is 223 g/mol. The molecule has 1 aromatic carbocycles. The highest BCUT2D eigenvalue weighted by atomic mass is 16.3. The summed E-state index contributed by atoms with van der Waals surface area (Å²) in [6.45, 7) is -0.214. The number of nitrogens with two attached hydrogens (primary N) is 1. The third-order valence-corrected chi connectivity index (χ3v) is 1.82. The standard InChI is InChI=1S/C10H13N3O3/c11-9(15)8(14)6-12-10(16)13-7-4-2-1-3-5-7/h1-5,8,14H,6H2,(H2,11,15)(H2,12,13,16). The van der Waals surface area contributed by atoms with Crippen molar-refractivity contribution >= 4 is 17.6 Å². The maximum absolute atomic E-state index is 11.3. The normalized spacial score (nSPS) is 11.6. The second-order valence-electron chi connectivity index (χ2n) is 3.12. The predicted octanol–water partition coefficient (Wildman–Crippen LogP) is -0.346. The van der Waals surface area contributed by atoms with E-state index in [0.29, 0.717) is 5.69 Å². The molecule has 1 atom stereocenters. The molecule has 0 fully saturated rings. The zero-order chi connectivity index (χ0) is 12.0. The summed E-state index contributed by atoms with van der Waals surface area (Å²) in [7, 11) is 0. The fourth-order valence-corrected chi connectivity index (χ4v) is 0.987. The first-order valence-corrected chi connectivity index (χ1v) is 4.67. The molecule has 6 nitrogen and oxygen atoms in total. The minimum Gasteiger partial charge on any atom is -0.381 e. The van der Waals surface area contributed by atoms with E-state index in [9.17, 15) is 9.59 Å². The van der Waals surface area contributed by atoms with Crippen LogP contribution in [0, 0.1) is 0 Å². The van der Waals surface area contributed by atoms with Gasteiger partial charge in [0.2, 0.25) is 5.91 Å². The van der Waals surface area contributed by atoms with Gasteiger partial charge in [-0.1, -0.05) is 18.2 Å². The lowest BCUT2D eigenvalue weighted by Crippen LogP contribution is -2.41. The van der Waals surface area contributed by atoms with Crippen LogP contribution in [-0.4, -0.2) is 29.7 Å². The van der Waals surface area contributed by atoms with Crippen LogP contribution in [0.3, 0.4) is 0 Å².